The van der Waals surface area contributed by atoms with E-state index in [4.69, 9.17) is 31.0 Å². The molecule has 11 heteroatoms. The van der Waals surface area contributed by atoms with Gasteiger partial charge in [0.15, 0.2) is 0 Å². The summed E-state index contributed by atoms with van der Waals surface area (Å²) in [5, 5.41) is 13.4. The summed E-state index contributed by atoms with van der Waals surface area (Å²) < 4.78 is 11.4. The highest BCUT2D eigenvalue weighted by atomic mass is 35.5. The Hall–Kier alpha value is -4.51. The Kier molecular flexibility index (Phi) is 10.5. The predicted octanol–water partition coefficient (Wildman–Crippen LogP) is 5.19. The second-order valence-corrected chi connectivity index (χ2v) is 12.6. The molecule has 2 aromatic heterocycles. The molecule has 2 saturated heterocycles. The van der Waals surface area contributed by atoms with Crippen LogP contribution in [0.1, 0.15) is 42.4 Å². The molecule has 2 fully saturated rings. The molecule has 0 spiro atoms. The Morgan fingerprint density at radius 1 is 0.833 bits per heavy atom. The molecule has 250 valence electrons. The molecule has 0 aliphatic carbocycles. The maximum atomic E-state index is 11.5. The van der Waals surface area contributed by atoms with Gasteiger partial charge in [-0.3, -0.25) is 14.6 Å². The van der Waals surface area contributed by atoms with Gasteiger partial charge in [0.2, 0.25) is 17.7 Å². The average molecular weight is 669 g/mol. The first kappa shape index (κ1) is 33.4. The Bertz CT molecular complexity index is 1680. The highest BCUT2D eigenvalue weighted by molar-refractivity contribution is 6.36. The van der Waals surface area contributed by atoms with E-state index < -0.39 is 0 Å². The Labute approximate surface area is 286 Å². The van der Waals surface area contributed by atoms with Crippen molar-refractivity contribution in [3.63, 3.8) is 0 Å². The number of hydrogen-bond donors (Lipinski definition) is 4. The number of nitrogens with one attached hydrogen (secondary N) is 4. The van der Waals surface area contributed by atoms with Gasteiger partial charge in [-0.25, -0.2) is 4.98 Å². The van der Waals surface area contributed by atoms with Crippen molar-refractivity contribution in [2.75, 3.05) is 27.3 Å². The van der Waals surface area contributed by atoms with E-state index in [0.29, 0.717) is 55.6 Å². The smallest absolute Gasteiger partial charge is 0.220 e. The zero-order valence-electron chi connectivity index (χ0n) is 27.5. The van der Waals surface area contributed by atoms with Crippen molar-refractivity contribution in [1.82, 2.24) is 31.2 Å². The number of aromatic nitrogens is 2. The monoisotopic (exact) mass is 668 g/mol. The number of amides is 2. The number of halogens is 1. The summed E-state index contributed by atoms with van der Waals surface area (Å²) in [6.45, 7) is 4.65. The van der Waals surface area contributed by atoms with Crippen molar-refractivity contribution in [2.45, 2.75) is 57.8 Å². The van der Waals surface area contributed by atoms with Gasteiger partial charge >= 0.3 is 0 Å². The van der Waals surface area contributed by atoms with E-state index in [1.54, 1.807) is 20.4 Å². The van der Waals surface area contributed by atoms with Crippen molar-refractivity contribution >= 4 is 23.4 Å². The first-order valence-corrected chi connectivity index (χ1v) is 16.7. The van der Waals surface area contributed by atoms with Gasteiger partial charge in [0.1, 0.15) is 5.75 Å². The van der Waals surface area contributed by atoms with Crippen LogP contribution in [0.3, 0.4) is 0 Å². The number of hydrogen-bond acceptors (Lipinski definition) is 8. The third-order valence-electron chi connectivity index (χ3n) is 9.04. The summed E-state index contributed by atoms with van der Waals surface area (Å²) in [5.41, 5.74) is 8.09. The molecule has 2 aliphatic rings. The number of pyridine rings is 2. The quantitative estimate of drug-likeness (QED) is 0.153. The fourth-order valence-electron chi connectivity index (χ4n) is 6.45. The van der Waals surface area contributed by atoms with Crippen molar-refractivity contribution in [2.24, 2.45) is 0 Å². The van der Waals surface area contributed by atoms with Crippen molar-refractivity contribution in [1.29, 1.82) is 0 Å². The lowest BCUT2D eigenvalue weighted by atomic mass is 9.94. The number of nitrogens with zero attached hydrogens (tertiary/aromatic N) is 2. The van der Waals surface area contributed by atoms with Crippen LogP contribution in [0.25, 0.3) is 33.6 Å². The van der Waals surface area contributed by atoms with Gasteiger partial charge in [-0.05, 0) is 49.1 Å². The molecule has 6 rings (SSSR count). The molecule has 2 amide bonds. The van der Waals surface area contributed by atoms with E-state index in [-0.39, 0.29) is 23.9 Å². The van der Waals surface area contributed by atoms with Gasteiger partial charge in [0.25, 0.3) is 0 Å². The molecule has 4 heterocycles. The van der Waals surface area contributed by atoms with Crippen LogP contribution in [-0.4, -0.2) is 61.2 Å². The lowest BCUT2D eigenvalue weighted by molar-refractivity contribution is -0.120. The molecule has 0 bridgehead atoms. The minimum absolute atomic E-state index is 0.106. The van der Waals surface area contributed by atoms with Crippen molar-refractivity contribution in [3.05, 3.63) is 82.5 Å². The zero-order chi connectivity index (χ0) is 33.6. The van der Waals surface area contributed by atoms with Gasteiger partial charge in [-0.2, -0.15) is 0 Å². The second kappa shape index (κ2) is 15.1. The number of carbonyl (C=O) groups is 2. The Balaban J connectivity index is 1.20. The highest BCUT2D eigenvalue weighted by Gasteiger charge is 2.22. The lowest BCUT2D eigenvalue weighted by Crippen LogP contribution is -2.35. The molecular weight excluding hydrogens is 628 g/mol. The number of rotatable bonds is 13. The maximum Gasteiger partial charge on any atom is 0.220 e. The van der Waals surface area contributed by atoms with Gasteiger partial charge in [0.05, 0.1) is 30.6 Å². The van der Waals surface area contributed by atoms with Crippen LogP contribution in [0.5, 0.6) is 11.6 Å². The van der Waals surface area contributed by atoms with Gasteiger partial charge in [-0.15, -0.1) is 0 Å². The summed E-state index contributed by atoms with van der Waals surface area (Å²) in [4.78, 5) is 32.6. The maximum absolute atomic E-state index is 11.5. The van der Waals surface area contributed by atoms with Crippen molar-refractivity contribution in [3.8, 4) is 45.3 Å². The molecular formula is C37H41ClN6O4. The fraction of sp³-hybridized carbons (Fsp3) is 0.351. The number of methoxy groups -OCH3 is 2. The van der Waals surface area contributed by atoms with E-state index in [1.165, 1.54) is 0 Å². The first-order chi connectivity index (χ1) is 23.3. The van der Waals surface area contributed by atoms with E-state index in [0.717, 1.165) is 63.2 Å². The fourth-order valence-corrected chi connectivity index (χ4v) is 6.77. The van der Waals surface area contributed by atoms with Crippen molar-refractivity contribution < 1.29 is 19.1 Å². The molecule has 2 atom stereocenters. The molecule has 2 aromatic carbocycles. The van der Waals surface area contributed by atoms with Gasteiger partial charge in [0, 0.05) is 85.1 Å². The minimum Gasteiger partial charge on any atom is -0.496 e. The normalized spacial score (nSPS) is 17.3. The summed E-state index contributed by atoms with van der Waals surface area (Å²) in [5.74, 6) is 1.52. The molecule has 0 radical (unpaired) electrons. The predicted molar refractivity (Wildman–Crippen MR) is 187 cm³/mol. The second-order valence-electron chi connectivity index (χ2n) is 12.3. The van der Waals surface area contributed by atoms with Gasteiger partial charge < -0.3 is 30.7 Å². The van der Waals surface area contributed by atoms with Crippen LogP contribution in [0, 0.1) is 6.92 Å². The minimum atomic E-state index is 0.106. The van der Waals surface area contributed by atoms with Crippen LogP contribution in [-0.2, 0) is 22.7 Å². The van der Waals surface area contributed by atoms with E-state index >= 15 is 0 Å². The molecule has 2 aliphatic heterocycles. The molecule has 0 saturated carbocycles. The molecule has 10 nitrogen and oxygen atoms in total. The van der Waals surface area contributed by atoms with Crippen LogP contribution in [0.4, 0.5) is 0 Å². The van der Waals surface area contributed by atoms with Crippen LogP contribution >= 0.6 is 11.6 Å². The standard InChI is InChI=1S/C37H41ClN6O4/c1-22-28(15-16-41-36(22)23-7-8-24(32(17-23)47-2)18-39-20-26-10-13-33(45)42-26)29-5-4-6-30(35(29)38)31-12-9-25(37(44-31)48-3)19-40-21-27-11-14-34(46)43-27/h4-9,12,15-17,26-27,39-40H,10-11,13-14,18-21H2,1-3H3,(H,42,45)(H,43,46). The third-order valence-corrected chi connectivity index (χ3v) is 9.45. The molecule has 2 unspecified atom stereocenters. The SMILES string of the molecule is COc1cc(-c2nccc(-c3cccc(-c4ccc(CNCC5CCC(=O)N5)c(OC)n4)c3Cl)c2C)ccc1CNCC1CCC(=O)N1. The van der Waals surface area contributed by atoms with E-state index in [1.807, 2.05) is 42.5 Å². The van der Waals surface area contributed by atoms with Crippen LogP contribution < -0.4 is 30.7 Å². The third kappa shape index (κ3) is 7.46. The molecule has 48 heavy (non-hydrogen) atoms. The first-order valence-electron chi connectivity index (χ1n) is 16.3. The number of carbonyl (C=O) groups excluding carboxylic acids is 2. The van der Waals surface area contributed by atoms with Crippen LogP contribution in [0.15, 0.2) is 60.8 Å². The Morgan fingerprint density at radius 2 is 1.50 bits per heavy atom. The highest BCUT2D eigenvalue weighted by Crippen LogP contribution is 2.40. The van der Waals surface area contributed by atoms with Gasteiger partial charge in [-0.1, -0.05) is 48.0 Å². The van der Waals surface area contributed by atoms with E-state index in [2.05, 4.69) is 40.3 Å². The number of ether oxygens (including phenoxy) is 2. The topological polar surface area (TPSA) is 126 Å². The van der Waals surface area contributed by atoms with Crippen LogP contribution in [0.2, 0.25) is 5.02 Å². The molecule has 4 aromatic rings. The molecule has 4 N–H and O–H groups in total. The summed E-state index contributed by atoms with van der Waals surface area (Å²) in [6.07, 6.45) is 4.67. The zero-order valence-corrected chi connectivity index (χ0v) is 28.2. The lowest BCUT2D eigenvalue weighted by Gasteiger charge is -2.17. The summed E-state index contributed by atoms with van der Waals surface area (Å²) in [7, 11) is 3.28. The summed E-state index contributed by atoms with van der Waals surface area (Å²) >= 11 is 7.13. The average Bonchev–Trinajstić information content (AvgIpc) is 3.72. The largest absolute Gasteiger partial charge is 0.496 e. The van der Waals surface area contributed by atoms with E-state index in [9.17, 15) is 9.59 Å². The summed E-state index contributed by atoms with van der Waals surface area (Å²) in [6, 6.07) is 18.3. The Morgan fingerprint density at radius 3 is 2.15 bits per heavy atom. The number of benzene rings is 2.